The van der Waals surface area contributed by atoms with Crippen LogP contribution >= 0.6 is 23.2 Å². The molecule has 0 amide bonds. The highest BCUT2D eigenvalue weighted by molar-refractivity contribution is 7.90. The third kappa shape index (κ3) is 3.77. The van der Waals surface area contributed by atoms with Crippen LogP contribution in [0.5, 0.6) is 0 Å². The normalized spacial score (nSPS) is 13.1. The maximum Gasteiger partial charge on any atom is 0.175 e. The number of sulfone groups is 1. The minimum atomic E-state index is -3.20. The Morgan fingerprint density at radius 1 is 1.05 bits per heavy atom. The summed E-state index contributed by atoms with van der Waals surface area (Å²) in [5.41, 5.74) is 1.76. The first kappa shape index (κ1) is 16.3. The summed E-state index contributed by atoms with van der Waals surface area (Å²) in [4.78, 5) is 0.290. The van der Waals surface area contributed by atoms with E-state index in [1.165, 1.54) is 6.26 Å². The monoisotopic (exact) mass is 343 g/mol. The predicted molar refractivity (Wildman–Crippen MR) is 86.9 cm³/mol. The Hall–Kier alpha value is -1.07. The molecule has 2 aromatic carbocycles. The molecule has 6 heteroatoms. The summed E-state index contributed by atoms with van der Waals surface area (Å²) in [6.07, 6.45) is 1.19. The third-order valence-corrected chi connectivity index (χ3v) is 4.91. The highest BCUT2D eigenvalue weighted by atomic mass is 35.5. The molecule has 2 aromatic rings. The lowest BCUT2D eigenvalue weighted by atomic mass is 9.99. The number of benzene rings is 2. The van der Waals surface area contributed by atoms with E-state index < -0.39 is 9.84 Å². The summed E-state index contributed by atoms with van der Waals surface area (Å²) in [5.74, 6) is 0. The maximum absolute atomic E-state index is 11.5. The zero-order valence-corrected chi connectivity index (χ0v) is 13.9. The average molecular weight is 344 g/mol. The van der Waals surface area contributed by atoms with Gasteiger partial charge < -0.3 is 5.32 Å². The molecule has 0 spiro atoms. The van der Waals surface area contributed by atoms with E-state index >= 15 is 0 Å². The second-order valence-corrected chi connectivity index (χ2v) is 7.59. The van der Waals surface area contributed by atoms with Crippen LogP contribution in [0.2, 0.25) is 10.0 Å². The van der Waals surface area contributed by atoms with Crippen molar-refractivity contribution in [3.05, 3.63) is 63.6 Å². The summed E-state index contributed by atoms with van der Waals surface area (Å²) < 4.78 is 23.0. The van der Waals surface area contributed by atoms with Gasteiger partial charge in [-0.1, -0.05) is 35.3 Å². The van der Waals surface area contributed by atoms with Gasteiger partial charge in [-0.25, -0.2) is 8.42 Å². The SMILES string of the molecule is CNC(c1ccc(S(C)(=O)=O)cc1)c1cc(Cl)ccc1Cl. The maximum atomic E-state index is 11.5. The van der Waals surface area contributed by atoms with E-state index in [9.17, 15) is 8.42 Å². The molecule has 0 aliphatic heterocycles. The lowest BCUT2D eigenvalue weighted by molar-refractivity contribution is 0.601. The summed E-state index contributed by atoms with van der Waals surface area (Å²) in [5, 5.41) is 4.37. The van der Waals surface area contributed by atoms with Crippen molar-refractivity contribution in [1.29, 1.82) is 0 Å². The molecule has 0 saturated carbocycles. The molecule has 2 rings (SSSR count). The van der Waals surface area contributed by atoms with Crippen molar-refractivity contribution in [1.82, 2.24) is 5.32 Å². The van der Waals surface area contributed by atoms with E-state index in [2.05, 4.69) is 5.32 Å². The van der Waals surface area contributed by atoms with Crippen molar-refractivity contribution in [2.75, 3.05) is 13.3 Å². The molecule has 0 aliphatic carbocycles. The van der Waals surface area contributed by atoms with Crippen LogP contribution in [0.25, 0.3) is 0 Å². The lowest BCUT2D eigenvalue weighted by Gasteiger charge is -2.19. The minimum Gasteiger partial charge on any atom is -0.309 e. The molecule has 0 radical (unpaired) electrons. The second kappa shape index (κ2) is 6.36. The quantitative estimate of drug-likeness (QED) is 0.920. The predicted octanol–water partition coefficient (Wildman–Crippen LogP) is 3.71. The second-order valence-electron chi connectivity index (χ2n) is 4.73. The van der Waals surface area contributed by atoms with Crippen molar-refractivity contribution in [2.45, 2.75) is 10.9 Å². The van der Waals surface area contributed by atoms with E-state index in [0.29, 0.717) is 14.9 Å². The number of nitrogens with one attached hydrogen (secondary N) is 1. The summed E-state index contributed by atoms with van der Waals surface area (Å²) in [6.45, 7) is 0. The topological polar surface area (TPSA) is 46.2 Å². The van der Waals surface area contributed by atoms with E-state index in [4.69, 9.17) is 23.2 Å². The van der Waals surface area contributed by atoms with E-state index in [1.807, 2.05) is 7.05 Å². The molecule has 0 saturated heterocycles. The fraction of sp³-hybridized carbons (Fsp3) is 0.200. The highest BCUT2D eigenvalue weighted by Crippen LogP contribution is 2.30. The third-order valence-electron chi connectivity index (χ3n) is 3.20. The van der Waals surface area contributed by atoms with Crippen LogP contribution < -0.4 is 5.32 Å². The Balaban J connectivity index is 2.44. The smallest absolute Gasteiger partial charge is 0.175 e. The van der Waals surface area contributed by atoms with Gasteiger partial charge >= 0.3 is 0 Å². The van der Waals surface area contributed by atoms with Crippen LogP contribution in [0.15, 0.2) is 47.4 Å². The summed E-state index contributed by atoms with van der Waals surface area (Å²) in [7, 11) is -1.39. The van der Waals surface area contributed by atoms with Crippen LogP contribution in [0.3, 0.4) is 0 Å². The first-order valence-electron chi connectivity index (χ1n) is 6.25. The van der Waals surface area contributed by atoms with Crippen LogP contribution in [0.1, 0.15) is 17.2 Å². The molecule has 1 unspecified atom stereocenters. The van der Waals surface area contributed by atoms with Gasteiger partial charge in [0.05, 0.1) is 10.9 Å². The Morgan fingerprint density at radius 3 is 2.19 bits per heavy atom. The standard InChI is InChI=1S/C15H15Cl2NO2S/c1-18-15(13-9-11(16)5-8-14(13)17)10-3-6-12(7-4-10)21(2,19)20/h3-9,15,18H,1-2H3. The van der Waals surface area contributed by atoms with Gasteiger partial charge in [0.1, 0.15) is 0 Å². The molecule has 3 nitrogen and oxygen atoms in total. The molecule has 0 aromatic heterocycles. The van der Waals surface area contributed by atoms with Gasteiger partial charge in [0, 0.05) is 16.3 Å². The van der Waals surface area contributed by atoms with Gasteiger partial charge in [-0.15, -0.1) is 0 Å². The lowest BCUT2D eigenvalue weighted by Crippen LogP contribution is -2.18. The van der Waals surface area contributed by atoms with E-state index in [1.54, 1.807) is 42.5 Å². The fourth-order valence-corrected chi connectivity index (χ4v) is 3.18. The summed E-state index contributed by atoms with van der Waals surface area (Å²) >= 11 is 12.3. The van der Waals surface area contributed by atoms with Crippen LogP contribution in [0.4, 0.5) is 0 Å². The molecule has 112 valence electrons. The van der Waals surface area contributed by atoms with Crippen molar-refractivity contribution in [3.8, 4) is 0 Å². The Labute approximate surface area is 134 Å². The molecule has 0 heterocycles. The number of rotatable bonds is 4. The van der Waals surface area contributed by atoms with Gasteiger partial charge in [-0.2, -0.15) is 0 Å². The van der Waals surface area contributed by atoms with Crippen molar-refractivity contribution in [3.63, 3.8) is 0 Å². The molecular formula is C15H15Cl2NO2S. The van der Waals surface area contributed by atoms with Crippen molar-refractivity contribution in [2.24, 2.45) is 0 Å². The number of halogens is 2. The zero-order valence-electron chi connectivity index (χ0n) is 11.6. The van der Waals surface area contributed by atoms with Crippen molar-refractivity contribution < 1.29 is 8.42 Å². The highest BCUT2D eigenvalue weighted by Gasteiger charge is 2.16. The fourth-order valence-electron chi connectivity index (χ4n) is 2.15. The number of hydrogen-bond donors (Lipinski definition) is 1. The van der Waals surface area contributed by atoms with Crippen molar-refractivity contribution >= 4 is 33.0 Å². The molecule has 0 fully saturated rings. The van der Waals surface area contributed by atoms with Crippen LogP contribution in [-0.4, -0.2) is 21.7 Å². The van der Waals surface area contributed by atoms with Crippen LogP contribution in [-0.2, 0) is 9.84 Å². The summed E-state index contributed by atoms with van der Waals surface area (Å²) in [6, 6.07) is 11.8. The molecule has 1 atom stereocenters. The Kier molecular flexibility index (Phi) is 4.94. The van der Waals surface area contributed by atoms with Gasteiger partial charge in [0.15, 0.2) is 9.84 Å². The first-order valence-corrected chi connectivity index (χ1v) is 8.90. The molecule has 21 heavy (non-hydrogen) atoms. The zero-order chi connectivity index (χ0) is 15.6. The minimum absolute atomic E-state index is 0.162. The molecule has 0 bridgehead atoms. The number of hydrogen-bond acceptors (Lipinski definition) is 3. The average Bonchev–Trinajstić information content (AvgIpc) is 2.43. The van der Waals surface area contributed by atoms with Gasteiger partial charge in [-0.05, 0) is 48.5 Å². The first-order chi connectivity index (χ1) is 9.82. The Morgan fingerprint density at radius 2 is 1.67 bits per heavy atom. The van der Waals surface area contributed by atoms with Gasteiger partial charge in [0.25, 0.3) is 0 Å². The van der Waals surface area contributed by atoms with Gasteiger partial charge in [0.2, 0.25) is 0 Å². The molecule has 1 N–H and O–H groups in total. The van der Waals surface area contributed by atoms with Crippen LogP contribution in [0, 0.1) is 0 Å². The molecule has 0 aliphatic rings. The molecular weight excluding hydrogens is 329 g/mol. The Bertz CT molecular complexity index is 743. The van der Waals surface area contributed by atoms with Gasteiger partial charge in [-0.3, -0.25) is 0 Å². The largest absolute Gasteiger partial charge is 0.309 e. The van der Waals surface area contributed by atoms with E-state index in [0.717, 1.165) is 11.1 Å². The van der Waals surface area contributed by atoms with E-state index in [-0.39, 0.29) is 6.04 Å².